The van der Waals surface area contributed by atoms with Crippen molar-refractivity contribution in [2.45, 2.75) is 37.1 Å². The van der Waals surface area contributed by atoms with Crippen molar-refractivity contribution in [2.24, 2.45) is 11.7 Å². The Balaban J connectivity index is 1.72. The minimum atomic E-state index is -0.229. The number of benzene rings is 1. The summed E-state index contributed by atoms with van der Waals surface area (Å²) in [5.74, 6) is 0.262. The van der Waals surface area contributed by atoms with Crippen LogP contribution in [0.5, 0.6) is 0 Å². The average molecular weight is 359 g/mol. The summed E-state index contributed by atoms with van der Waals surface area (Å²) in [5.41, 5.74) is 6.95. The Hall–Kier alpha value is -1.79. The Bertz CT molecular complexity index is 818. The van der Waals surface area contributed by atoms with Crippen LogP contribution in [0.3, 0.4) is 0 Å². The Morgan fingerprint density at radius 2 is 2.24 bits per heavy atom. The molecule has 1 amide bonds. The number of nitrogens with zero attached hydrogens (tertiary/aromatic N) is 1. The van der Waals surface area contributed by atoms with Crippen LogP contribution in [0.25, 0.3) is 10.9 Å². The predicted octanol–water partition coefficient (Wildman–Crippen LogP) is 2.73. The number of aromatic amines is 1. The fourth-order valence-corrected chi connectivity index (χ4v) is 4.03. The number of amides is 1. The fraction of sp³-hybridized carbons (Fsp3) is 0.474. The van der Waals surface area contributed by atoms with Crippen LogP contribution in [0.15, 0.2) is 34.0 Å². The van der Waals surface area contributed by atoms with E-state index in [1.165, 1.54) is 0 Å². The molecular formula is C19H25N3O2S. The summed E-state index contributed by atoms with van der Waals surface area (Å²) in [4.78, 5) is 29.9. The molecule has 3 N–H and O–H groups in total. The lowest BCUT2D eigenvalue weighted by Crippen LogP contribution is -2.36. The lowest BCUT2D eigenvalue weighted by atomic mass is 9.93. The predicted molar refractivity (Wildman–Crippen MR) is 103 cm³/mol. The van der Waals surface area contributed by atoms with Gasteiger partial charge in [-0.05, 0) is 61.6 Å². The van der Waals surface area contributed by atoms with Crippen LogP contribution in [0.1, 0.15) is 31.2 Å². The highest BCUT2D eigenvalue weighted by Crippen LogP contribution is 2.23. The second-order valence-corrected chi connectivity index (χ2v) is 7.70. The molecule has 0 radical (unpaired) electrons. The second kappa shape index (κ2) is 8.06. The molecule has 1 aromatic heterocycles. The zero-order chi connectivity index (χ0) is 17.8. The van der Waals surface area contributed by atoms with Crippen LogP contribution in [-0.2, 0) is 11.3 Å². The van der Waals surface area contributed by atoms with Gasteiger partial charge < -0.3 is 10.7 Å². The van der Waals surface area contributed by atoms with E-state index >= 15 is 0 Å². The van der Waals surface area contributed by atoms with Gasteiger partial charge >= 0.3 is 0 Å². The van der Waals surface area contributed by atoms with E-state index in [4.69, 9.17) is 5.73 Å². The molecule has 1 aromatic carbocycles. The standard InChI is InChI=1S/C19H25N3O2S/c1-25-16-6-5-14-9-15(19(24)21-17(14)10-16)12-22-8-2-3-13(11-22)4-7-18(20)23/h5-6,9-10,13H,2-4,7-8,11-12H2,1H3,(H2,20,23)(H,21,24). The highest BCUT2D eigenvalue weighted by Gasteiger charge is 2.21. The fourth-order valence-electron chi connectivity index (χ4n) is 3.59. The molecule has 25 heavy (non-hydrogen) atoms. The Morgan fingerprint density at radius 3 is 3.00 bits per heavy atom. The molecule has 3 rings (SSSR count). The Labute approximate surface area is 152 Å². The van der Waals surface area contributed by atoms with Gasteiger partial charge in [0, 0.05) is 35.5 Å². The van der Waals surface area contributed by atoms with E-state index < -0.39 is 0 Å². The number of hydrogen-bond acceptors (Lipinski definition) is 4. The second-order valence-electron chi connectivity index (χ2n) is 6.83. The molecule has 0 spiro atoms. The van der Waals surface area contributed by atoms with Crippen molar-refractivity contribution in [3.63, 3.8) is 0 Å². The topological polar surface area (TPSA) is 79.2 Å². The lowest BCUT2D eigenvalue weighted by molar-refractivity contribution is -0.118. The van der Waals surface area contributed by atoms with E-state index in [9.17, 15) is 9.59 Å². The van der Waals surface area contributed by atoms with Crippen molar-refractivity contribution in [1.29, 1.82) is 0 Å². The molecule has 1 aliphatic rings. The number of likely N-dealkylation sites (tertiary alicyclic amines) is 1. The summed E-state index contributed by atoms with van der Waals surface area (Å²) < 4.78 is 0. The number of piperidine rings is 1. The van der Waals surface area contributed by atoms with Crippen molar-refractivity contribution in [3.8, 4) is 0 Å². The van der Waals surface area contributed by atoms with Gasteiger partial charge in [-0.2, -0.15) is 0 Å². The summed E-state index contributed by atoms with van der Waals surface area (Å²) in [5, 5.41) is 1.06. The molecule has 1 atom stereocenters. The quantitative estimate of drug-likeness (QED) is 0.777. The van der Waals surface area contributed by atoms with Crippen LogP contribution in [-0.4, -0.2) is 35.1 Å². The molecule has 0 aliphatic carbocycles. The number of nitrogens with one attached hydrogen (secondary N) is 1. The first kappa shape index (κ1) is 18.0. The van der Waals surface area contributed by atoms with Crippen molar-refractivity contribution in [2.75, 3.05) is 19.3 Å². The van der Waals surface area contributed by atoms with Gasteiger partial charge in [0.05, 0.1) is 0 Å². The molecule has 0 saturated carbocycles. The molecule has 5 nitrogen and oxygen atoms in total. The molecule has 6 heteroatoms. The number of hydrogen-bond donors (Lipinski definition) is 2. The van der Waals surface area contributed by atoms with Gasteiger partial charge in [0.15, 0.2) is 0 Å². The molecule has 1 saturated heterocycles. The molecule has 1 unspecified atom stereocenters. The molecule has 2 aromatic rings. The third kappa shape index (κ3) is 4.64. The maximum absolute atomic E-state index is 12.5. The summed E-state index contributed by atoms with van der Waals surface area (Å²) in [6.45, 7) is 2.58. The Morgan fingerprint density at radius 1 is 1.40 bits per heavy atom. The SMILES string of the molecule is CSc1ccc2cc(CN3CCCC(CCC(N)=O)C3)c(=O)[nH]c2c1. The summed E-state index contributed by atoms with van der Waals surface area (Å²) >= 11 is 1.67. The summed E-state index contributed by atoms with van der Waals surface area (Å²) in [6.07, 6.45) is 5.56. The minimum Gasteiger partial charge on any atom is -0.370 e. The molecule has 134 valence electrons. The molecule has 1 fully saturated rings. The maximum Gasteiger partial charge on any atom is 0.252 e. The summed E-state index contributed by atoms with van der Waals surface area (Å²) in [7, 11) is 0. The third-order valence-electron chi connectivity index (χ3n) is 4.93. The minimum absolute atomic E-state index is 0.00925. The first-order chi connectivity index (χ1) is 12.0. The normalized spacial score (nSPS) is 18.5. The van der Waals surface area contributed by atoms with Crippen molar-refractivity contribution in [1.82, 2.24) is 9.88 Å². The highest BCUT2D eigenvalue weighted by atomic mass is 32.2. The van der Waals surface area contributed by atoms with E-state index in [2.05, 4.69) is 22.0 Å². The number of carbonyl (C=O) groups is 1. The number of carbonyl (C=O) groups excluding carboxylic acids is 1. The van der Waals surface area contributed by atoms with Gasteiger partial charge in [-0.3, -0.25) is 14.5 Å². The van der Waals surface area contributed by atoms with Gasteiger partial charge in [-0.25, -0.2) is 0 Å². The lowest BCUT2D eigenvalue weighted by Gasteiger charge is -2.32. The van der Waals surface area contributed by atoms with Crippen molar-refractivity contribution < 1.29 is 4.79 Å². The van der Waals surface area contributed by atoms with E-state index in [0.717, 1.165) is 53.7 Å². The van der Waals surface area contributed by atoms with E-state index in [1.807, 2.05) is 18.4 Å². The molecule has 2 heterocycles. The number of fused-ring (bicyclic) bond motifs is 1. The number of aromatic nitrogens is 1. The molecule has 1 aliphatic heterocycles. The first-order valence-electron chi connectivity index (χ1n) is 8.76. The van der Waals surface area contributed by atoms with Crippen LogP contribution >= 0.6 is 11.8 Å². The van der Waals surface area contributed by atoms with E-state index in [1.54, 1.807) is 11.8 Å². The number of H-pyrrole nitrogens is 1. The summed E-state index contributed by atoms with van der Waals surface area (Å²) in [6, 6.07) is 8.17. The van der Waals surface area contributed by atoms with Crippen LogP contribution < -0.4 is 11.3 Å². The van der Waals surface area contributed by atoms with Crippen LogP contribution in [0.2, 0.25) is 0 Å². The average Bonchev–Trinajstić information content (AvgIpc) is 2.60. The number of rotatable bonds is 6. The van der Waals surface area contributed by atoms with E-state index in [0.29, 0.717) is 18.9 Å². The Kier molecular flexibility index (Phi) is 5.81. The zero-order valence-corrected chi connectivity index (χ0v) is 15.4. The smallest absolute Gasteiger partial charge is 0.252 e. The largest absolute Gasteiger partial charge is 0.370 e. The first-order valence-corrected chi connectivity index (χ1v) is 9.98. The van der Waals surface area contributed by atoms with Gasteiger partial charge in [0.1, 0.15) is 0 Å². The third-order valence-corrected chi connectivity index (χ3v) is 5.65. The van der Waals surface area contributed by atoms with Gasteiger partial charge in [-0.1, -0.05) is 6.07 Å². The van der Waals surface area contributed by atoms with Crippen LogP contribution in [0, 0.1) is 5.92 Å². The van der Waals surface area contributed by atoms with Gasteiger partial charge in [0.25, 0.3) is 5.56 Å². The van der Waals surface area contributed by atoms with Crippen molar-refractivity contribution >= 4 is 28.6 Å². The number of pyridine rings is 1. The van der Waals surface area contributed by atoms with Gasteiger partial charge in [0.2, 0.25) is 5.91 Å². The number of nitrogens with two attached hydrogens (primary N) is 1. The monoisotopic (exact) mass is 359 g/mol. The van der Waals surface area contributed by atoms with E-state index in [-0.39, 0.29) is 11.5 Å². The molecular weight excluding hydrogens is 334 g/mol. The number of thioether (sulfide) groups is 1. The molecule has 0 bridgehead atoms. The van der Waals surface area contributed by atoms with Crippen molar-refractivity contribution in [3.05, 3.63) is 40.2 Å². The number of primary amides is 1. The van der Waals surface area contributed by atoms with Crippen LogP contribution in [0.4, 0.5) is 0 Å². The highest BCUT2D eigenvalue weighted by molar-refractivity contribution is 7.98. The maximum atomic E-state index is 12.5. The zero-order valence-electron chi connectivity index (χ0n) is 14.6. The van der Waals surface area contributed by atoms with Gasteiger partial charge in [-0.15, -0.1) is 11.8 Å².